The fraction of sp³-hybridized carbons (Fsp3) is 0.909. The average Bonchev–Trinajstić information content (AvgIpc) is 2.20. The highest BCUT2D eigenvalue weighted by Gasteiger charge is 2.03. The van der Waals surface area contributed by atoms with E-state index in [2.05, 4.69) is 24.5 Å². The van der Waals surface area contributed by atoms with E-state index in [9.17, 15) is 4.79 Å². The molecule has 1 unspecified atom stereocenters. The second-order valence-electron chi connectivity index (χ2n) is 3.96. The second kappa shape index (κ2) is 8.68. The lowest BCUT2D eigenvalue weighted by molar-refractivity contribution is -0.120. The normalized spacial score (nSPS) is 12.9. The fourth-order valence-corrected chi connectivity index (χ4v) is 0.959. The summed E-state index contributed by atoms with van der Waals surface area (Å²) in [5.41, 5.74) is 0. The summed E-state index contributed by atoms with van der Waals surface area (Å²) in [5.74, 6) is 0.0302. The van der Waals surface area contributed by atoms with Gasteiger partial charge in [0.15, 0.2) is 0 Å². The molecule has 0 aliphatic carbocycles. The first-order chi connectivity index (χ1) is 7.06. The first kappa shape index (κ1) is 14.4. The van der Waals surface area contributed by atoms with Crippen molar-refractivity contribution in [1.29, 1.82) is 0 Å². The van der Waals surface area contributed by atoms with Crippen LogP contribution in [0.4, 0.5) is 0 Å². The molecule has 0 saturated carbocycles. The zero-order valence-electron chi connectivity index (χ0n) is 10.3. The van der Waals surface area contributed by atoms with E-state index < -0.39 is 0 Å². The minimum absolute atomic E-state index is 0.0302. The second-order valence-corrected chi connectivity index (χ2v) is 3.96. The van der Waals surface area contributed by atoms with Gasteiger partial charge in [0.1, 0.15) is 0 Å². The van der Waals surface area contributed by atoms with Gasteiger partial charge in [0, 0.05) is 12.6 Å². The van der Waals surface area contributed by atoms with Crippen LogP contribution in [0.1, 0.15) is 34.1 Å². The molecule has 90 valence electrons. The quantitative estimate of drug-likeness (QED) is 0.593. The van der Waals surface area contributed by atoms with E-state index in [0.717, 1.165) is 6.42 Å². The van der Waals surface area contributed by atoms with Crippen molar-refractivity contribution in [2.45, 2.75) is 46.3 Å². The molecule has 1 atom stereocenters. The lowest BCUT2D eigenvalue weighted by Gasteiger charge is -2.12. The van der Waals surface area contributed by atoms with Gasteiger partial charge in [-0.3, -0.25) is 4.79 Å². The van der Waals surface area contributed by atoms with Crippen molar-refractivity contribution in [3.8, 4) is 0 Å². The van der Waals surface area contributed by atoms with Crippen LogP contribution in [-0.2, 0) is 9.53 Å². The number of hydrogen-bond donors (Lipinski definition) is 2. The third kappa shape index (κ3) is 9.69. The highest BCUT2D eigenvalue weighted by molar-refractivity contribution is 5.77. The van der Waals surface area contributed by atoms with Gasteiger partial charge < -0.3 is 15.4 Å². The van der Waals surface area contributed by atoms with Crippen LogP contribution in [-0.4, -0.2) is 37.7 Å². The first-order valence-corrected chi connectivity index (χ1v) is 5.68. The van der Waals surface area contributed by atoms with Crippen LogP contribution in [0.25, 0.3) is 0 Å². The van der Waals surface area contributed by atoms with Gasteiger partial charge in [-0.05, 0) is 27.2 Å². The maximum atomic E-state index is 11.3. The summed E-state index contributed by atoms with van der Waals surface area (Å²) in [6.45, 7) is 9.66. The first-order valence-electron chi connectivity index (χ1n) is 5.68. The van der Waals surface area contributed by atoms with Crippen LogP contribution in [0.5, 0.6) is 0 Å². The maximum Gasteiger partial charge on any atom is 0.234 e. The Morgan fingerprint density at radius 1 is 1.33 bits per heavy atom. The Morgan fingerprint density at radius 3 is 2.53 bits per heavy atom. The number of carbonyl (C=O) groups is 1. The van der Waals surface area contributed by atoms with E-state index in [-0.39, 0.29) is 12.0 Å². The predicted molar refractivity (Wildman–Crippen MR) is 61.9 cm³/mol. The van der Waals surface area contributed by atoms with Crippen molar-refractivity contribution in [3.05, 3.63) is 0 Å². The van der Waals surface area contributed by atoms with E-state index in [4.69, 9.17) is 4.74 Å². The third-order valence-corrected chi connectivity index (χ3v) is 2.10. The molecule has 0 spiro atoms. The maximum absolute atomic E-state index is 11.3. The number of nitrogens with one attached hydrogen (secondary N) is 2. The summed E-state index contributed by atoms with van der Waals surface area (Å²) in [6, 6.07) is 0.391. The number of amides is 1. The highest BCUT2D eigenvalue weighted by Crippen LogP contribution is 1.86. The van der Waals surface area contributed by atoms with Crippen LogP contribution in [0.3, 0.4) is 0 Å². The molecular weight excluding hydrogens is 192 g/mol. The molecule has 0 bridgehead atoms. The topological polar surface area (TPSA) is 50.4 Å². The molecule has 0 rings (SSSR count). The van der Waals surface area contributed by atoms with E-state index >= 15 is 0 Å². The van der Waals surface area contributed by atoms with Gasteiger partial charge in [-0.2, -0.15) is 0 Å². The zero-order chi connectivity index (χ0) is 11.7. The van der Waals surface area contributed by atoms with Crippen molar-refractivity contribution < 1.29 is 9.53 Å². The van der Waals surface area contributed by atoms with Crippen LogP contribution in [0.2, 0.25) is 0 Å². The van der Waals surface area contributed by atoms with Crippen LogP contribution in [0.15, 0.2) is 0 Å². The predicted octanol–water partition coefficient (Wildman–Crippen LogP) is 0.916. The van der Waals surface area contributed by atoms with Crippen molar-refractivity contribution in [2.24, 2.45) is 0 Å². The van der Waals surface area contributed by atoms with Gasteiger partial charge >= 0.3 is 0 Å². The molecule has 0 aliphatic heterocycles. The van der Waals surface area contributed by atoms with Crippen molar-refractivity contribution in [1.82, 2.24) is 10.6 Å². The van der Waals surface area contributed by atoms with Crippen LogP contribution in [0, 0.1) is 0 Å². The van der Waals surface area contributed by atoms with E-state index in [0.29, 0.717) is 25.7 Å². The Hall–Kier alpha value is -0.610. The number of carbonyl (C=O) groups excluding carboxylic acids is 1. The van der Waals surface area contributed by atoms with Gasteiger partial charge in [0.25, 0.3) is 0 Å². The Labute approximate surface area is 92.8 Å². The summed E-state index contributed by atoms with van der Waals surface area (Å²) in [6.07, 6.45) is 1.25. The lowest BCUT2D eigenvalue weighted by Crippen LogP contribution is -2.39. The van der Waals surface area contributed by atoms with Gasteiger partial charge in [-0.15, -0.1) is 0 Å². The van der Waals surface area contributed by atoms with Gasteiger partial charge in [0.05, 0.1) is 19.3 Å². The summed E-state index contributed by atoms with van der Waals surface area (Å²) < 4.78 is 5.30. The van der Waals surface area contributed by atoms with E-state index in [1.165, 1.54) is 0 Å². The molecule has 1 amide bonds. The molecular formula is C11H24N2O2. The Morgan fingerprint density at radius 2 is 2.00 bits per heavy atom. The van der Waals surface area contributed by atoms with Crippen molar-refractivity contribution >= 4 is 5.91 Å². The van der Waals surface area contributed by atoms with E-state index in [1.54, 1.807) is 0 Å². The van der Waals surface area contributed by atoms with Crippen molar-refractivity contribution in [3.63, 3.8) is 0 Å². The molecule has 0 aromatic carbocycles. The van der Waals surface area contributed by atoms with Gasteiger partial charge in [-0.25, -0.2) is 0 Å². The number of rotatable bonds is 8. The molecule has 0 aliphatic rings. The van der Waals surface area contributed by atoms with Gasteiger partial charge in [-0.1, -0.05) is 6.92 Å². The molecule has 0 aromatic heterocycles. The fourth-order valence-electron chi connectivity index (χ4n) is 0.959. The largest absolute Gasteiger partial charge is 0.377 e. The number of ether oxygens (including phenoxy) is 1. The monoisotopic (exact) mass is 216 g/mol. The van der Waals surface area contributed by atoms with Gasteiger partial charge in [0.2, 0.25) is 5.91 Å². The summed E-state index contributed by atoms with van der Waals surface area (Å²) in [4.78, 5) is 11.3. The smallest absolute Gasteiger partial charge is 0.234 e. The zero-order valence-corrected chi connectivity index (χ0v) is 10.3. The summed E-state index contributed by atoms with van der Waals surface area (Å²) in [5, 5.41) is 5.92. The Kier molecular flexibility index (Phi) is 8.33. The summed E-state index contributed by atoms with van der Waals surface area (Å²) >= 11 is 0. The van der Waals surface area contributed by atoms with Crippen molar-refractivity contribution in [2.75, 3.05) is 19.7 Å². The molecule has 0 fully saturated rings. The lowest BCUT2D eigenvalue weighted by atomic mass is 10.2. The SMILES string of the molecule is CCC(C)NCC(=O)NCCOC(C)C. The highest BCUT2D eigenvalue weighted by atomic mass is 16.5. The molecule has 0 radical (unpaired) electrons. The Balaban J connectivity index is 3.34. The number of hydrogen-bond acceptors (Lipinski definition) is 3. The van der Waals surface area contributed by atoms with Crippen LogP contribution >= 0.6 is 0 Å². The average molecular weight is 216 g/mol. The standard InChI is InChI=1S/C11H24N2O2/c1-5-10(4)13-8-11(14)12-6-7-15-9(2)3/h9-10,13H,5-8H2,1-4H3,(H,12,14). The minimum Gasteiger partial charge on any atom is -0.377 e. The molecule has 2 N–H and O–H groups in total. The van der Waals surface area contributed by atoms with Crippen LogP contribution < -0.4 is 10.6 Å². The third-order valence-electron chi connectivity index (χ3n) is 2.10. The molecule has 0 heterocycles. The molecule has 4 heteroatoms. The summed E-state index contributed by atoms with van der Waals surface area (Å²) in [7, 11) is 0. The molecule has 0 saturated heterocycles. The molecule has 4 nitrogen and oxygen atoms in total. The van der Waals surface area contributed by atoms with E-state index in [1.807, 2.05) is 13.8 Å². The molecule has 0 aromatic rings. The Bertz CT molecular complexity index is 172. The minimum atomic E-state index is 0.0302. The molecule has 15 heavy (non-hydrogen) atoms.